The van der Waals surface area contributed by atoms with E-state index in [1.165, 1.54) is 12.1 Å². The second kappa shape index (κ2) is 8.68. The average molecular weight is 505 g/mol. The van der Waals surface area contributed by atoms with Crippen molar-refractivity contribution in [1.29, 1.82) is 0 Å². The second-order valence-electron chi connectivity index (χ2n) is 7.50. The topological polar surface area (TPSA) is 65.0 Å². The van der Waals surface area contributed by atoms with Crippen molar-refractivity contribution in [3.8, 4) is 0 Å². The molecule has 0 saturated carbocycles. The summed E-state index contributed by atoms with van der Waals surface area (Å²) in [6, 6.07) is 7.13. The first kappa shape index (κ1) is 23.1. The smallest absolute Gasteiger partial charge is 0.370 e. The van der Waals surface area contributed by atoms with Crippen LogP contribution in [0.1, 0.15) is 24.8 Å². The van der Waals surface area contributed by atoms with Gasteiger partial charge in [0.15, 0.2) is 5.50 Å². The van der Waals surface area contributed by atoms with Gasteiger partial charge in [0.2, 0.25) is 9.84 Å². The Hall–Kier alpha value is -2.11. The molecule has 2 aromatic rings. The predicted octanol–water partition coefficient (Wildman–Crippen LogP) is 4.75. The molecule has 6 nitrogen and oxygen atoms in total. The van der Waals surface area contributed by atoms with Crippen LogP contribution in [-0.4, -0.2) is 33.3 Å². The van der Waals surface area contributed by atoms with Crippen LogP contribution in [-0.2, 0) is 16.0 Å². The molecule has 0 radical (unpaired) electrons. The van der Waals surface area contributed by atoms with Crippen LogP contribution < -0.4 is 15.2 Å². The maximum absolute atomic E-state index is 13.3. The van der Waals surface area contributed by atoms with Gasteiger partial charge in [-0.2, -0.15) is 18.3 Å². The van der Waals surface area contributed by atoms with Crippen LogP contribution in [0.3, 0.4) is 0 Å². The molecule has 1 N–H and O–H groups in total. The van der Waals surface area contributed by atoms with Crippen molar-refractivity contribution < 1.29 is 21.6 Å². The molecule has 2 aliphatic rings. The first-order chi connectivity index (χ1) is 15.1. The molecule has 1 atom stereocenters. The first-order valence-corrected chi connectivity index (χ1v) is 12.2. The van der Waals surface area contributed by atoms with Gasteiger partial charge in [-0.05, 0) is 55.7 Å². The highest BCUT2D eigenvalue weighted by Crippen LogP contribution is 2.39. The Morgan fingerprint density at radius 2 is 1.69 bits per heavy atom. The zero-order valence-electron chi connectivity index (χ0n) is 16.7. The Bertz CT molecular complexity index is 1150. The summed E-state index contributed by atoms with van der Waals surface area (Å²) in [6.45, 7) is 1.48. The van der Waals surface area contributed by atoms with Crippen molar-refractivity contribution in [1.82, 2.24) is 5.43 Å². The zero-order chi connectivity index (χ0) is 23.1. The number of benzene rings is 2. The number of rotatable bonds is 4. The fraction of sp³-hybridized carbons (Fsp3) is 0.350. The highest BCUT2D eigenvalue weighted by molar-refractivity contribution is 7.91. The molecule has 0 aromatic heterocycles. The molecule has 1 saturated heterocycles. The zero-order valence-corrected chi connectivity index (χ0v) is 19.1. The van der Waals surface area contributed by atoms with Crippen LogP contribution in [0, 0.1) is 0 Å². The highest BCUT2D eigenvalue weighted by Gasteiger charge is 2.35. The van der Waals surface area contributed by atoms with Crippen LogP contribution in [0.25, 0.3) is 0 Å². The van der Waals surface area contributed by atoms with Crippen LogP contribution in [0.2, 0.25) is 5.02 Å². The van der Waals surface area contributed by atoms with Gasteiger partial charge in [0.1, 0.15) is 6.34 Å². The van der Waals surface area contributed by atoms with Gasteiger partial charge in [-0.1, -0.05) is 11.6 Å². The Labute approximate surface area is 194 Å². The highest BCUT2D eigenvalue weighted by atomic mass is 35.5. The summed E-state index contributed by atoms with van der Waals surface area (Å²) < 4.78 is 66.3. The minimum atomic E-state index is -4.77. The number of anilines is 2. The predicted molar refractivity (Wildman–Crippen MR) is 121 cm³/mol. The van der Waals surface area contributed by atoms with Crippen molar-refractivity contribution >= 4 is 51.8 Å². The van der Waals surface area contributed by atoms with E-state index < -0.39 is 37.0 Å². The van der Waals surface area contributed by atoms with Gasteiger partial charge in [-0.25, -0.2) is 8.42 Å². The molecule has 1 unspecified atom stereocenters. The maximum atomic E-state index is 13.3. The Balaban J connectivity index is 1.81. The fourth-order valence-corrected chi connectivity index (χ4v) is 5.56. The quantitative estimate of drug-likeness (QED) is 0.588. The number of hydrogen-bond acceptors (Lipinski definition) is 7. The van der Waals surface area contributed by atoms with Crippen LogP contribution in [0.4, 0.5) is 24.5 Å². The fourth-order valence-electron chi connectivity index (χ4n) is 3.78. The molecule has 4 rings (SSSR count). The third kappa shape index (κ3) is 4.38. The molecule has 0 bridgehead atoms. The van der Waals surface area contributed by atoms with E-state index in [2.05, 4.69) is 28.1 Å². The third-order valence-electron chi connectivity index (χ3n) is 5.42. The third-order valence-corrected chi connectivity index (χ3v) is 7.86. The second-order valence-corrected chi connectivity index (χ2v) is 10.3. The summed E-state index contributed by atoms with van der Waals surface area (Å²) in [4.78, 5) is 3.27. The number of hydrogen-bond donors (Lipinski definition) is 2. The van der Waals surface area contributed by atoms with E-state index in [0.29, 0.717) is 17.4 Å². The van der Waals surface area contributed by atoms with Gasteiger partial charge >= 0.3 is 6.18 Å². The Kier molecular flexibility index (Phi) is 6.25. The number of hydrazone groups is 1. The number of alkyl halides is 3. The lowest BCUT2D eigenvalue weighted by Gasteiger charge is -2.33. The van der Waals surface area contributed by atoms with Crippen molar-refractivity contribution in [2.75, 3.05) is 22.9 Å². The van der Waals surface area contributed by atoms with Gasteiger partial charge in [-0.3, -0.25) is 10.3 Å². The SMILES string of the molecule is O=S(=O)(c1ccc(N2C=NNC2S)c(N2CCCCC2)c1)c1ccc(Cl)c(C(F)(F)F)c1. The largest absolute Gasteiger partial charge is 0.417 e. The maximum Gasteiger partial charge on any atom is 0.417 e. The molecule has 1 fully saturated rings. The normalized spacial score (nSPS) is 19.3. The van der Waals surface area contributed by atoms with Gasteiger partial charge in [0.25, 0.3) is 0 Å². The molecular formula is C20H20ClF3N4O2S2. The summed E-state index contributed by atoms with van der Waals surface area (Å²) in [5.41, 5.74) is 2.54. The number of piperidine rings is 1. The molecule has 32 heavy (non-hydrogen) atoms. The number of sulfone groups is 1. The number of halogens is 4. The Morgan fingerprint density at radius 1 is 1.03 bits per heavy atom. The van der Waals surface area contributed by atoms with E-state index in [-0.39, 0.29) is 4.90 Å². The molecule has 2 aliphatic heterocycles. The lowest BCUT2D eigenvalue weighted by Crippen LogP contribution is -2.35. The van der Waals surface area contributed by atoms with Gasteiger partial charge in [0.05, 0.1) is 31.8 Å². The molecule has 0 amide bonds. The number of nitrogens with zero attached hydrogens (tertiary/aromatic N) is 3. The minimum Gasteiger partial charge on any atom is -0.370 e. The van der Waals surface area contributed by atoms with E-state index >= 15 is 0 Å². The van der Waals surface area contributed by atoms with E-state index in [1.807, 2.05) is 0 Å². The first-order valence-electron chi connectivity index (χ1n) is 9.85. The lowest BCUT2D eigenvalue weighted by atomic mass is 10.1. The van der Waals surface area contributed by atoms with E-state index in [4.69, 9.17) is 11.6 Å². The summed E-state index contributed by atoms with van der Waals surface area (Å²) in [5, 5.41) is 3.43. The van der Waals surface area contributed by atoms with Gasteiger partial charge < -0.3 is 4.90 Å². The summed E-state index contributed by atoms with van der Waals surface area (Å²) in [5.74, 6) is 0. The molecular weight excluding hydrogens is 485 g/mol. The van der Waals surface area contributed by atoms with Crippen molar-refractivity contribution in [2.45, 2.75) is 40.7 Å². The molecule has 0 spiro atoms. The van der Waals surface area contributed by atoms with Gasteiger partial charge in [-0.15, -0.1) is 12.6 Å². The van der Waals surface area contributed by atoms with Crippen LogP contribution in [0.15, 0.2) is 51.3 Å². The summed E-state index contributed by atoms with van der Waals surface area (Å²) >= 11 is 10.1. The lowest BCUT2D eigenvalue weighted by molar-refractivity contribution is -0.137. The monoisotopic (exact) mass is 504 g/mol. The molecule has 172 valence electrons. The average Bonchev–Trinajstić information content (AvgIpc) is 3.19. The van der Waals surface area contributed by atoms with E-state index in [0.717, 1.165) is 44.5 Å². The molecule has 2 aromatic carbocycles. The van der Waals surface area contributed by atoms with Crippen molar-refractivity contribution in [2.24, 2.45) is 5.10 Å². The van der Waals surface area contributed by atoms with E-state index in [9.17, 15) is 21.6 Å². The summed E-state index contributed by atoms with van der Waals surface area (Å²) in [6.07, 6.45) is -0.215. The van der Waals surface area contributed by atoms with E-state index in [1.54, 1.807) is 17.3 Å². The molecule has 0 aliphatic carbocycles. The number of nitrogens with one attached hydrogen (secondary N) is 1. The van der Waals surface area contributed by atoms with Gasteiger partial charge in [0, 0.05) is 13.1 Å². The number of thiol groups is 1. The summed E-state index contributed by atoms with van der Waals surface area (Å²) in [7, 11) is -4.23. The standard InChI is InChI=1S/C20H20ClF3N4O2S2/c21-16-6-4-13(10-15(16)20(22,23)24)32(29,30)14-5-7-17(28-12-25-26-19(28)31)18(11-14)27-8-2-1-3-9-27/h4-7,10-12,19,26,31H,1-3,8-9H2. The molecule has 12 heteroatoms. The van der Waals surface area contributed by atoms with Crippen LogP contribution in [0.5, 0.6) is 0 Å². The van der Waals surface area contributed by atoms with Crippen molar-refractivity contribution in [3.05, 3.63) is 47.0 Å². The Morgan fingerprint density at radius 3 is 2.31 bits per heavy atom. The van der Waals surface area contributed by atoms with Crippen LogP contribution >= 0.6 is 24.2 Å². The van der Waals surface area contributed by atoms with Crippen molar-refractivity contribution in [3.63, 3.8) is 0 Å². The minimum absolute atomic E-state index is 0.0999. The molecule has 2 heterocycles.